The van der Waals surface area contributed by atoms with Crippen molar-refractivity contribution in [2.75, 3.05) is 0 Å². The van der Waals surface area contributed by atoms with Gasteiger partial charge in [0.1, 0.15) is 12.4 Å². The summed E-state index contributed by atoms with van der Waals surface area (Å²) >= 11 is 1.73. The van der Waals surface area contributed by atoms with Crippen LogP contribution < -0.4 is 4.74 Å². The Morgan fingerprint density at radius 3 is 2.41 bits per heavy atom. The summed E-state index contributed by atoms with van der Waals surface area (Å²) in [4.78, 5) is 0. The lowest BCUT2D eigenvalue weighted by Gasteiger charge is -2.07. The van der Waals surface area contributed by atoms with Crippen molar-refractivity contribution < 1.29 is 13.5 Å². The second-order valence-electron chi connectivity index (χ2n) is 3.48. The van der Waals surface area contributed by atoms with E-state index in [9.17, 15) is 8.78 Å². The van der Waals surface area contributed by atoms with Crippen LogP contribution in [0.4, 0.5) is 8.78 Å². The monoisotopic (exact) mass is 346 g/mol. The molecule has 17 heavy (non-hydrogen) atoms. The van der Waals surface area contributed by atoms with Gasteiger partial charge in [-0.15, -0.1) is 0 Å². The molecule has 2 aromatic carbocycles. The van der Waals surface area contributed by atoms with Crippen molar-refractivity contribution in [1.29, 1.82) is 0 Å². The molecule has 0 aliphatic heterocycles. The fourth-order valence-electron chi connectivity index (χ4n) is 1.36. The zero-order valence-corrected chi connectivity index (χ0v) is 10.9. The first kappa shape index (κ1) is 12.3. The van der Waals surface area contributed by atoms with E-state index in [1.807, 2.05) is 30.3 Å². The van der Waals surface area contributed by atoms with Gasteiger partial charge in [0.25, 0.3) is 0 Å². The zero-order chi connectivity index (χ0) is 12.3. The normalized spacial score (nSPS) is 10.3. The van der Waals surface area contributed by atoms with Crippen LogP contribution in [0.2, 0.25) is 0 Å². The summed E-state index contributed by atoms with van der Waals surface area (Å²) in [7, 11) is 0. The molecule has 0 spiro atoms. The van der Waals surface area contributed by atoms with E-state index in [2.05, 4.69) is 0 Å². The third-order valence-corrected chi connectivity index (χ3v) is 2.99. The van der Waals surface area contributed by atoms with Crippen LogP contribution in [0, 0.1) is 15.2 Å². The van der Waals surface area contributed by atoms with E-state index in [0.717, 1.165) is 11.6 Å². The van der Waals surface area contributed by atoms with Gasteiger partial charge in [-0.05, 0) is 34.2 Å². The van der Waals surface area contributed by atoms with Crippen LogP contribution in [0.3, 0.4) is 0 Å². The predicted octanol–water partition coefficient (Wildman–Crippen LogP) is 4.15. The number of ether oxygens (including phenoxy) is 1. The summed E-state index contributed by atoms with van der Waals surface area (Å²) < 4.78 is 31.8. The van der Waals surface area contributed by atoms with E-state index in [1.165, 1.54) is 6.07 Å². The molecule has 0 bridgehead atoms. The lowest BCUT2D eigenvalue weighted by atomic mass is 10.2. The molecule has 0 radical (unpaired) electrons. The Kier molecular flexibility index (Phi) is 3.93. The van der Waals surface area contributed by atoms with E-state index in [4.69, 9.17) is 4.74 Å². The molecule has 0 saturated carbocycles. The first-order chi connectivity index (χ1) is 8.16. The molecular weight excluding hydrogens is 337 g/mol. The summed E-state index contributed by atoms with van der Waals surface area (Å²) in [6.45, 7) is 0.335. The molecule has 2 aromatic rings. The van der Waals surface area contributed by atoms with E-state index >= 15 is 0 Å². The van der Waals surface area contributed by atoms with Crippen LogP contribution in [0.5, 0.6) is 5.75 Å². The maximum Gasteiger partial charge on any atom is 0.172 e. The molecule has 0 heterocycles. The molecule has 4 heteroatoms. The molecule has 1 nitrogen and oxygen atoms in total. The van der Waals surface area contributed by atoms with Crippen molar-refractivity contribution in [3.05, 3.63) is 63.2 Å². The third kappa shape index (κ3) is 3.15. The van der Waals surface area contributed by atoms with E-state index in [-0.39, 0.29) is 3.57 Å². The molecule has 0 aliphatic carbocycles. The van der Waals surface area contributed by atoms with Crippen molar-refractivity contribution in [2.24, 2.45) is 0 Å². The largest absolute Gasteiger partial charge is 0.489 e. The lowest BCUT2D eigenvalue weighted by molar-refractivity contribution is 0.303. The smallest absolute Gasteiger partial charge is 0.172 e. The van der Waals surface area contributed by atoms with Crippen molar-refractivity contribution >= 4 is 22.6 Å². The highest BCUT2D eigenvalue weighted by atomic mass is 127. The molecule has 0 aliphatic rings. The summed E-state index contributed by atoms with van der Waals surface area (Å²) in [5.74, 6) is -1.39. The maximum absolute atomic E-state index is 13.1. The van der Waals surface area contributed by atoms with Crippen molar-refractivity contribution in [3.8, 4) is 5.75 Å². The second-order valence-corrected chi connectivity index (χ2v) is 4.64. The van der Waals surface area contributed by atoms with Gasteiger partial charge in [0.15, 0.2) is 11.6 Å². The third-order valence-electron chi connectivity index (χ3n) is 2.21. The Labute approximate surface area is 112 Å². The molecule has 0 saturated heterocycles. The van der Waals surface area contributed by atoms with Gasteiger partial charge in [0, 0.05) is 6.07 Å². The van der Waals surface area contributed by atoms with Gasteiger partial charge in [-0.25, -0.2) is 8.78 Å². The molecular formula is C13H9F2IO. The second kappa shape index (κ2) is 5.44. The van der Waals surface area contributed by atoms with Crippen molar-refractivity contribution in [3.63, 3.8) is 0 Å². The molecule has 0 atom stereocenters. The van der Waals surface area contributed by atoms with Crippen LogP contribution in [-0.2, 0) is 6.61 Å². The topological polar surface area (TPSA) is 9.23 Å². The van der Waals surface area contributed by atoms with Gasteiger partial charge in [0.05, 0.1) is 3.57 Å². The Morgan fingerprint density at radius 2 is 1.76 bits per heavy atom. The molecule has 0 unspecified atom stereocenters. The molecule has 0 fully saturated rings. The number of hydrogen-bond donors (Lipinski definition) is 0. The highest BCUT2D eigenvalue weighted by Crippen LogP contribution is 2.22. The van der Waals surface area contributed by atoms with E-state index in [1.54, 1.807) is 22.6 Å². The van der Waals surface area contributed by atoms with Crippen molar-refractivity contribution in [1.82, 2.24) is 0 Å². The number of hydrogen-bond acceptors (Lipinski definition) is 1. The van der Waals surface area contributed by atoms with Crippen LogP contribution in [0.15, 0.2) is 42.5 Å². The summed E-state index contributed by atoms with van der Waals surface area (Å²) in [6, 6.07) is 12.0. The number of benzene rings is 2. The fraction of sp³-hybridized carbons (Fsp3) is 0.0769. The number of rotatable bonds is 3. The van der Waals surface area contributed by atoms with Crippen LogP contribution in [0.1, 0.15) is 5.56 Å². The highest BCUT2D eigenvalue weighted by molar-refractivity contribution is 14.1. The van der Waals surface area contributed by atoms with Crippen LogP contribution in [0.25, 0.3) is 0 Å². The molecule has 0 amide bonds. The fourth-order valence-corrected chi connectivity index (χ4v) is 1.92. The SMILES string of the molecule is Fc1cc(OCc2ccccc2)cc(I)c1F. The average molecular weight is 346 g/mol. The van der Waals surface area contributed by atoms with Gasteiger partial charge >= 0.3 is 0 Å². The Morgan fingerprint density at radius 1 is 1.06 bits per heavy atom. The standard InChI is InChI=1S/C13H9F2IO/c14-11-6-10(7-12(16)13(11)15)17-8-9-4-2-1-3-5-9/h1-7H,8H2. The minimum Gasteiger partial charge on any atom is -0.489 e. The van der Waals surface area contributed by atoms with Gasteiger partial charge in [-0.1, -0.05) is 30.3 Å². The van der Waals surface area contributed by atoms with Gasteiger partial charge in [-0.2, -0.15) is 0 Å². The van der Waals surface area contributed by atoms with E-state index in [0.29, 0.717) is 12.4 Å². The zero-order valence-electron chi connectivity index (χ0n) is 8.79. The Balaban J connectivity index is 2.10. The van der Waals surface area contributed by atoms with Crippen LogP contribution >= 0.6 is 22.6 Å². The van der Waals surface area contributed by atoms with Gasteiger partial charge in [-0.3, -0.25) is 0 Å². The quantitative estimate of drug-likeness (QED) is 0.599. The first-order valence-electron chi connectivity index (χ1n) is 4.98. The average Bonchev–Trinajstić information content (AvgIpc) is 2.34. The summed E-state index contributed by atoms with van der Waals surface area (Å²) in [5.41, 5.74) is 0.979. The van der Waals surface area contributed by atoms with Gasteiger partial charge in [0.2, 0.25) is 0 Å². The molecule has 2 rings (SSSR count). The van der Waals surface area contributed by atoms with Gasteiger partial charge < -0.3 is 4.74 Å². The maximum atomic E-state index is 13.1. The minimum absolute atomic E-state index is 0.214. The summed E-state index contributed by atoms with van der Waals surface area (Å²) in [6.07, 6.45) is 0. The molecule has 88 valence electrons. The lowest BCUT2D eigenvalue weighted by Crippen LogP contribution is -1.97. The number of halogens is 3. The Bertz CT molecular complexity index is 491. The molecule has 0 N–H and O–H groups in total. The Hall–Kier alpha value is -1.17. The first-order valence-corrected chi connectivity index (χ1v) is 6.06. The highest BCUT2D eigenvalue weighted by Gasteiger charge is 2.09. The van der Waals surface area contributed by atoms with Crippen LogP contribution in [-0.4, -0.2) is 0 Å². The van der Waals surface area contributed by atoms with Crippen molar-refractivity contribution in [2.45, 2.75) is 6.61 Å². The summed E-state index contributed by atoms with van der Waals surface area (Å²) in [5, 5.41) is 0. The molecule has 0 aromatic heterocycles. The minimum atomic E-state index is -0.889. The van der Waals surface area contributed by atoms with E-state index < -0.39 is 11.6 Å². The predicted molar refractivity (Wildman–Crippen MR) is 69.8 cm³/mol.